The van der Waals surface area contributed by atoms with Gasteiger partial charge in [0.15, 0.2) is 0 Å². The van der Waals surface area contributed by atoms with Crippen LogP contribution in [0.5, 0.6) is 11.5 Å². The predicted octanol–water partition coefficient (Wildman–Crippen LogP) is 21.7. The number of nitrogens with zero attached hydrogens (tertiary/aromatic N) is 4. The molecule has 0 radical (unpaired) electrons. The van der Waals surface area contributed by atoms with Crippen molar-refractivity contribution >= 4 is 76.7 Å². The molecule has 0 unspecified atom stereocenters. The van der Waals surface area contributed by atoms with Crippen molar-refractivity contribution in [1.82, 2.24) is 14.1 Å². The van der Waals surface area contributed by atoms with E-state index >= 15 is 0 Å². The number of ether oxygens (including phenoxy) is 1. The second-order valence-electron chi connectivity index (χ2n) is 27.3. The van der Waals surface area contributed by atoms with Gasteiger partial charge in [-0.3, -0.25) is 4.57 Å². The van der Waals surface area contributed by atoms with Crippen LogP contribution in [0, 0.1) is 18.5 Å². The van der Waals surface area contributed by atoms with Gasteiger partial charge in [0.25, 0.3) is 6.33 Å². The molecule has 0 amide bonds. The van der Waals surface area contributed by atoms with Gasteiger partial charge >= 0.3 is 0 Å². The molecule has 0 saturated carbocycles. The quantitative estimate of drug-likeness (QED) is 0.123. The molecule has 1 aliphatic heterocycles. The first-order valence-corrected chi connectivity index (χ1v) is 31.6. The fraction of sp³-hybridized carbons (Fsp3) is 0.143. The summed E-state index contributed by atoms with van der Waals surface area (Å²) in [5, 5.41) is 6.49. The molecular formula is C84H62N4O3Pt-2. The van der Waals surface area contributed by atoms with Gasteiger partial charge in [0.2, 0.25) is 0 Å². The van der Waals surface area contributed by atoms with Crippen LogP contribution in [0.4, 0.5) is 0 Å². The molecule has 8 heteroatoms. The zero-order chi connectivity index (χ0) is 61.2. The van der Waals surface area contributed by atoms with Crippen LogP contribution in [0.1, 0.15) is 78.0 Å². The van der Waals surface area contributed by atoms with Gasteiger partial charge in [-0.25, -0.2) is 4.98 Å². The Kier molecular flexibility index (Phi) is 12.4. The molecule has 0 N–H and O–H groups in total. The summed E-state index contributed by atoms with van der Waals surface area (Å²) in [6, 6.07) is 86.3. The Morgan fingerprint density at radius 1 is 0.467 bits per heavy atom. The van der Waals surface area contributed by atoms with Gasteiger partial charge in [-0.2, -0.15) is 18.2 Å². The largest absolute Gasteiger partial charge is 0.510 e. The van der Waals surface area contributed by atoms with Crippen LogP contribution in [0.15, 0.2) is 233 Å². The molecular weight excluding hydrogens is 1310 g/mol. The van der Waals surface area contributed by atoms with E-state index < -0.39 is 0 Å². The normalized spacial score (nSPS) is 14.0. The number of furan rings is 2. The van der Waals surface area contributed by atoms with E-state index in [-0.39, 0.29) is 37.3 Å². The SMILES string of the molecule is CC(C)(C)c1ccnc(-n2c3[c-]c(Oc4[c-]c(-n5[c-][n+]6c7c(cc(-c8ccc9oc%10ccccc%10c9c8)cc75)-c5ccccc5-c5cc7c(cc5-c5cccc(-c8ccc9oc%10ccccc%10c9c8)c5-6)C(C)(C)CCC7(C)C)ccc4)ccc3c3ccccc32)c1.[Pt]. The van der Waals surface area contributed by atoms with Crippen molar-refractivity contribution < 1.29 is 39.2 Å². The Bertz CT molecular complexity index is 5760. The van der Waals surface area contributed by atoms with Crippen molar-refractivity contribution in [1.29, 1.82) is 0 Å². The van der Waals surface area contributed by atoms with E-state index in [4.69, 9.17) is 18.6 Å². The standard InChI is InChI=1S/C84H62N4O3.Pt/c1-82(2,3)53-36-39-85-79(44-53)88-72-27-13-10-22-60(72)61-33-32-56(46-73(61)88)89-55-19-16-18-54(45-55)86-49-87-80-57(51-31-35-78-68(41-51)63-24-12-15-29-76(63)91-78)25-17-26-64(80)66-48-71-70(83(4,5)37-38-84(71,6)7)47-65(66)58-20-8-9-21-59(58)69-42-52(43-74(86)81(69)87)50-30-34-77-67(40-50)62-23-11-14-28-75(62)90-77;/h8-36,39-44,47-48H,37-38H2,1-7H3;/q-2;. The number of hydrogen-bond donors (Lipinski definition) is 0. The van der Waals surface area contributed by atoms with Gasteiger partial charge in [-0.05, 0) is 179 Å². The molecule has 2 aliphatic rings. The second kappa shape index (κ2) is 20.5. The van der Waals surface area contributed by atoms with Gasteiger partial charge in [0.1, 0.15) is 28.1 Å². The molecule has 1 aliphatic carbocycles. The second-order valence-corrected chi connectivity index (χ2v) is 27.3. The van der Waals surface area contributed by atoms with Gasteiger partial charge in [0.05, 0.1) is 16.7 Å². The number of benzene rings is 11. The Morgan fingerprint density at radius 3 is 1.77 bits per heavy atom. The van der Waals surface area contributed by atoms with Crippen molar-refractivity contribution in [3.05, 3.63) is 260 Å². The van der Waals surface area contributed by atoms with E-state index in [9.17, 15) is 0 Å². The minimum absolute atomic E-state index is 0. The van der Waals surface area contributed by atoms with Crippen LogP contribution in [-0.4, -0.2) is 14.1 Å². The maximum absolute atomic E-state index is 6.97. The van der Waals surface area contributed by atoms with E-state index in [0.29, 0.717) is 11.5 Å². The average molecular weight is 1370 g/mol. The molecule has 0 fully saturated rings. The van der Waals surface area contributed by atoms with Gasteiger partial charge in [-0.1, -0.05) is 175 Å². The third kappa shape index (κ3) is 8.65. The first kappa shape index (κ1) is 56.0. The molecule has 16 aromatic rings. The number of fused-ring (bicyclic) bond motifs is 17. The van der Waals surface area contributed by atoms with Crippen LogP contribution < -0.4 is 9.30 Å². The minimum atomic E-state index is -0.0684. The predicted molar refractivity (Wildman–Crippen MR) is 369 cm³/mol. The fourth-order valence-electron chi connectivity index (χ4n) is 14.9. The van der Waals surface area contributed by atoms with Gasteiger partial charge in [0, 0.05) is 65.8 Å². The van der Waals surface area contributed by atoms with Crippen molar-refractivity contribution in [3.63, 3.8) is 0 Å². The molecule has 0 atom stereocenters. The summed E-state index contributed by atoms with van der Waals surface area (Å²) in [5.74, 6) is 1.93. The monoisotopic (exact) mass is 1370 g/mol. The third-order valence-electron chi connectivity index (χ3n) is 19.8. The van der Waals surface area contributed by atoms with Crippen molar-refractivity contribution in [3.8, 4) is 84.3 Å². The summed E-state index contributed by atoms with van der Waals surface area (Å²) in [6.07, 6.45) is 8.22. The van der Waals surface area contributed by atoms with Crippen molar-refractivity contribution in [2.75, 3.05) is 0 Å². The van der Waals surface area contributed by atoms with Crippen LogP contribution in [0.2, 0.25) is 0 Å². The summed E-state index contributed by atoms with van der Waals surface area (Å²) >= 11 is 0. The molecule has 0 saturated heterocycles. The number of para-hydroxylation sites is 4. The summed E-state index contributed by atoms with van der Waals surface area (Å²) in [7, 11) is 0. The Labute approximate surface area is 548 Å². The first-order valence-electron chi connectivity index (χ1n) is 31.6. The van der Waals surface area contributed by atoms with Crippen molar-refractivity contribution in [2.24, 2.45) is 0 Å². The molecule has 0 bridgehead atoms. The minimum Gasteiger partial charge on any atom is -0.510 e. The van der Waals surface area contributed by atoms with E-state index in [1.807, 2.05) is 36.5 Å². The summed E-state index contributed by atoms with van der Waals surface area (Å²) < 4.78 is 26.7. The number of pyridine rings is 1. The van der Waals surface area contributed by atoms with E-state index in [1.54, 1.807) is 0 Å². The van der Waals surface area contributed by atoms with Crippen LogP contribution in [0.3, 0.4) is 0 Å². The Hall–Kier alpha value is -10.1. The molecule has 448 valence electrons. The number of imidazole rings is 1. The Balaban J connectivity index is 0.00000648. The average Bonchev–Trinajstić information content (AvgIpc) is 1.44. The topological polar surface area (TPSA) is 62.1 Å². The summed E-state index contributed by atoms with van der Waals surface area (Å²) in [5.41, 5.74) is 24.1. The maximum Gasteiger partial charge on any atom is 0.268 e. The van der Waals surface area contributed by atoms with Crippen LogP contribution in [0.25, 0.3) is 150 Å². The number of aromatic nitrogens is 4. The molecule has 92 heavy (non-hydrogen) atoms. The van der Waals surface area contributed by atoms with E-state index in [1.165, 1.54) is 33.4 Å². The smallest absolute Gasteiger partial charge is 0.268 e. The Morgan fingerprint density at radius 2 is 1.05 bits per heavy atom. The van der Waals surface area contributed by atoms with Crippen LogP contribution >= 0.6 is 0 Å². The summed E-state index contributed by atoms with van der Waals surface area (Å²) in [4.78, 5) is 4.95. The van der Waals surface area contributed by atoms with Gasteiger partial charge < -0.3 is 22.7 Å². The molecule has 18 rings (SSSR count). The van der Waals surface area contributed by atoms with E-state index in [2.05, 4.69) is 269 Å². The molecule has 0 spiro atoms. The fourth-order valence-corrected chi connectivity index (χ4v) is 14.9. The third-order valence-corrected chi connectivity index (χ3v) is 19.8. The molecule has 11 aromatic carbocycles. The number of hydrogen-bond acceptors (Lipinski definition) is 4. The molecule has 6 heterocycles. The zero-order valence-electron chi connectivity index (χ0n) is 52.1. The molecule has 7 nitrogen and oxygen atoms in total. The maximum atomic E-state index is 6.97. The molecule has 5 aromatic heterocycles. The van der Waals surface area contributed by atoms with E-state index in [0.717, 1.165) is 146 Å². The number of rotatable bonds is 6. The van der Waals surface area contributed by atoms with Crippen LogP contribution in [-0.2, 0) is 37.3 Å². The van der Waals surface area contributed by atoms with Gasteiger partial charge in [-0.15, -0.1) is 29.7 Å². The summed E-state index contributed by atoms with van der Waals surface area (Å²) in [6.45, 7) is 16.4. The first-order chi connectivity index (χ1) is 44.2. The van der Waals surface area contributed by atoms with Crippen molar-refractivity contribution in [2.45, 2.75) is 77.6 Å². The zero-order valence-corrected chi connectivity index (χ0v) is 54.4.